The Balaban J connectivity index is 2.24. The van der Waals surface area contributed by atoms with Crippen LogP contribution < -0.4 is 5.73 Å². The molecule has 3 heteroatoms. The van der Waals surface area contributed by atoms with Gasteiger partial charge in [0.25, 0.3) is 0 Å². The van der Waals surface area contributed by atoms with E-state index in [2.05, 4.69) is 22.9 Å². The summed E-state index contributed by atoms with van der Waals surface area (Å²) >= 11 is 9.70. The van der Waals surface area contributed by atoms with E-state index in [-0.39, 0.29) is 6.04 Å². The van der Waals surface area contributed by atoms with E-state index in [0.29, 0.717) is 0 Å². The Hall–Kier alpha value is -0.0500. The Morgan fingerprint density at radius 2 is 1.74 bits per heavy atom. The molecule has 0 fully saturated rings. The maximum absolute atomic E-state index is 6.26. The molecule has 0 aliphatic heterocycles. The van der Waals surface area contributed by atoms with E-state index >= 15 is 0 Å². The van der Waals surface area contributed by atoms with E-state index in [9.17, 15) is 0 Å². The highest BCUT2D eigenvalue weighted by Crippen LogP contribution is 2.31. The minimum absolute atomic E-state index is 0.0561. The van der Waals surface area contributed by atoms with Gasteiger partial charge >= 0.3 is 0 Å². The van der Waals surface area contributed by atoms with Crippen molar-refractivity contribution < 1.29 is 0 Å². The smallest absolute Gasteiger partial charge is 0.0595 e. The molecule has 0 amide bonds. The Kier molecular flexibility index (Phi) is 8.76. The molecule has 1 rings (SSSR count). The van der Waals surface area contributed by atoms with E-state index in [0.717, 1.165) is 21.5 Å². The monoisotopic (exact) mass is 345 g/mol. The first-order chi connectivity index (χ1) is 9.16. The van der Waals surface area contributed by atoms with Gasteiger partial charge in [-0.15, -0.1) is 0 Å². The Morgan fingerprint density at radius 1 is 1.11 bits per heavy atom. The van der Waals surface area contributed by atoms with Gasteiger partial charge in [0.1, 0.15) is 0 Å². The summed E-state index contributed by atoms with van der Waals surface area (Å²) in [4.78, 5) is 0. The molecule has 1 aromatic carbocycles. The average Bonchev–Trinajstić information content (AvgIpc) is 2.40. The van der Waals surface area contributed by atoms with Gasteiger partial charge in [-0.05, 0) is 34.0 Å². The molecule has 2 N–H and O–H groups in total. The molecular formula is C16H25BrClN. The van der Waals surface area contributed by atoms with Crippen LogP contribution in [0.2, 0.25) is 5.02 Å². The average molecular weight is 347 g/mol. The summed E-state index contributed by atoms with van der Waals surface area (Å²) in [7, 11) is 0. The predicted octanol–water partition coefficient (Wildman–Crippen LogP) is 6.24. The van der Waals surface area contributed by atoms with Crippen molar-refractivity contribution in [1.29, 1.82) is 0 Å². The predicted molar refractivity (Wildman–Crippen MR) is 88.7 cm³/mol. The van der Waals surface area contributed by atoms with Crippen molar-refractivity contribution in [3.05, 3.63) is 33.3 Å². The lowest BCUT2D eigenvalue weighted by atomic mass is 10.0. The molecule has 0 spiro atoms. The second-order valence-electron chi connectivity index (χ2n) is 5.16. The zero-order valence-corrected chi connectivity index (χ0v) is 14.1. The first-order valence-electron chi connectivity index (χ1n) is 7.36. The maximum atomic E-state index is 6.26. The van der Waals surface area contributed by atoms with E-state index in [4.69, 9.17) is 17.3 Å². The number of rotatable bonds is 9. The molecular weight excluding hydrogens is 322 g/mol. The molecule has 0 aliphatic rings. The zero-order chi connectivity index (χ0) is 14.1. The summed E-state index contributed by atoms with van der Waals surface area (Å²) in [6.45, 7) is 2.25. The molecule has 108 valence electrons. The number of nitrogens with two attached hydrogens (primary N) is 1. The third-order valence-electron chi connectivity index (χ3n) is 3.50. The van der Waals surface area contributed by atoms with Gasteiger partial charge in [-0.25, -0.2) is 0 Å². The number of benzene rings is 1. The molecule has 1 aromatic rings. The lowest BCUT2D eigenvalue weighted by Gasteiger charge is -2.14. The first kappa shape index (κ1) is 17.0. The Morgan fingerprint density at radius 3 is 2.42 bits per heavy atom. The summed E-state index contributed by atoms with van der Waals surface area (Å²) < 4.78 is 0.932. The van der Waals surface area contributed by atoms with E-state index in [1.54, 1.807) is 0 Å². The van der Waals surface area contributed by atoms with Crippen LogP contribution in [-0.4, -0.2) is 0 Å². The van der Waals surface area contributed by atoms with Crippen molar-refractivity contribution >= 4 is 27.5 Å². The van der Waals surface area contributed by atoms with E-state index in [1.165, 1.54) is 44.9 Å². The SMILES string of the molecule is CCCCCCCCCC(N)c1cccc(Br)c1Cl. The van der Waals surface area contributed by atoms with Crippen LogP contribution in [0.1, 0.15) is 69.9 Å². The topological polar surface area (TPSA) is 26.0 Å². The summed E-state index contributed by atoms with van der Waals surface area (Å²) in [5, 5.41) is 0.762. The van der Waals surface area contributed by atoms with Crippen molar-refractivity contribution in [2.24, 2.45) is 5.73 Å². The van der Waals surface area contributed by atoms with Gasteiger partial charge in [0, 0.05) is 10.5 Å². The van der Waals surface area contributed by atoms with Crippen molar-refractivity contribution in [2.75, 3.05) is 0 Å². The largest absolute Gasteiger partial charge is 0.324 e. The second kappa shape index (κ2) is 9.79. The van der Waals surface area contributed by atoms with Crippen LogP contribution in [0.3, 0.4) is 0 Å². The van der Waals surface area contributed by atoms with Gasteiger partial charge in [-0.3, -0.25) is 0 Å². The van der Waals surface area contributed by atoms with Gasteiger partial charge in [0.05, 0.1) is 5.02 Å². The van der Waals surface area contributed by atoms with Gasteiger partial charge in [-0.1, -0.05) is 75.6 Å². The van der Waals surface area contributed by atoms with Crippen molar-refractivity contribution in [1.82, 2.24) is 0 Å². The Bertz CT molecular complexity index is 368. The number of halogens is 2. The molecule has 0 saturated carbocycles. The molecule has 1 nitrogen and oxygen atoms in total. The minimum Gasteiger partial charge on any atom is -0.324 e. The molecule has 1 unspecified atom stereocenters. The fraction of sp³-hybridized carbons (Fsp3) is 0.625. The van der Waals surface area contributed by atoms with Crippen molar-refractivity contribution in [3.63, 3.8) is 0 Å². The van der Waals surface area contributed by atoms with Gasteiger partial charge in [0.15, 0.2) is 0 Å². The molecule has 0 aliphatic carbocycles. The highest BCUT2D eigenvalue weighted by molar-refractivity contribution is 9.10. The lowest BCUT2D eigenvalue weighted by Crippen LogP contribution is -2.10. The molecule has 0 heterocycles. The standard InChI is InChI=1S/C16H25BrClN/c1-2-3-4-5-6-7-8-12-15(19)13-10-9-11-14(17)16(13)18/h9-11,15H,2-8,12,19H2,1H3. The lowest BCUT2D eigenvalue weighted by molar-refractivity contribution is 0.541. The number of hydrogen-bond acceptors (Lipinski definition) is 1. The molecule has 0 aromatic heterocycles. The van der Waals surface area contributed by atoms with E-state index in [1.807, 2.05) is 18.2 Å². The normalized spacial score (nSPS) is 12.6. The number of hydrogen-bond donors (Lipinski definition) is 1. The van der Waals surface area contributed by atoms with Crippen LogP contribution in [0.5, 0.6) is 0 Å². The fourth-order valence-electron chi connectivity index (χ4n) is 2.28. The van der Waals surface area contributed by atoms with Crippen LogP contribution in [0.4, 0.5) is 0 Å². The van der Waals surface area contributed by atoms with Gasteiger partial charge < -0.3 is 5.73 Å². The Labute approximate surface area is 131 Å². The zero-order valence-electron chi connectivity index (χ0n) is 11.8. The maximum Gasteiger partial charge on any atom is 0.0595 e. The molecule has 0 saturated heterocycles. The number of unbranched alkanes of at least 4 members (excludes halogenated alkanes) is 6. The quantitative estimate of drug-likeness (QED) is 0.526. The minimum atomic E-state index is 0.0561. The third kappa shape index (κ3) is 6.29. The molecule has 1 atom stereocenters. The van der Waals surface area contributed by atoms with Crippen LogP contribution in [0.15, 0.2) is 22.7 Å². The molecule has 0 radical (unpaired) electrons. The van der Waals surface area contributed by atoms with Crippen molar-refractivity contribution in [3.8, 4) is 0 Å². The third-order valence-corrected chi connectivity index (χ3v) is 4.81. The fourth-order valence-corrected chi connectivity index (χ4v) is 2.93. The van der Waals surface area contributed by atoms with Crippen LogP contribution in [0.25, 0.3) is 0 Å². The summed E-state index contributed by atoms with van der Waals surface area (Å²) in [5.74, 6) is 0. The van der Waals surface area contributed by atoms with Crippen LogP contribution >= 0.6 is 27.5 Å². The van der Waals surface area contributed by atoms with Gasteiger partial charge in [0.2, 0.25) is 0 Å². The molecule has 0 bridgehead atoms. The first-order valence-corrected chi connectivity index (χ1v) is 8.53. The summed E-state index contributed by atoms with van der Waals surface area (Å²) in [5.41, 5.74) is 7.28. The van der Waals surface area contributed by atoms with E-state index < -0.39 is 0 Å². The summed E-state index contributed by atoms with van der Waals surface area (Å²) in [6.07, 6.45) is 10.2. The van der Waals surface area contributed by atoms with Gasteiger partial charge in [-0.2, -0.15) is 0 Å². The highest BCUT2D eigenvalue weighted by atomic mass is 79.9. The van der Waals surface area contributed by atoms with Crippen LogP contribution in [0, 0.1) is 0 Å². The highest BCUT2D eigenvalue weighted by Gasteiger charge is 2.11. The molecule has 19 heavy (non-hydrogen) atoms. The van der Waals surface area contributed by atoms with Crippen LogP contribution in [-0.2, 0) is 0 Å². The van der Waals surface area contributed by atoms with Crippen molar-refractivity contribution in [2.45, 2.75) is 64.3 Å². The second-order valence-corrected chi connectivity index (χ2v) is 6.39. The summed E-state index contributed by atoms with van der Waals surface area (Å²) in [6, 6.07) is 6.03.